The van der Waals surface area contributed by atoms with E-state index in [0.29, 0.717) is 31.1 Å². The first-order valence-electron chi connectivity index (χ1n) is 12.3. The normalized spacial score (nSPS) is 13.2. The number of aromatic nitrogens is 2. The van der Waals surface area contributed by atoms with Crippen LogP contribution in [0.4, 0.5) is 0 Å². The Morgan fingerprint density at radius 2 is 0.947 bits per heavy atom. The highest BCUT2D eigenvalue weighted by molar-refractivity contribution is 8.16. The number of para-hydroxylation sites is 2. The lowest BCUT2D eigenvalue weighted by molar-refractivity contribution is -0.114. The third kappa shape index (κ3) is 6.78. The van der Waals surface area contributed by atoms with Gasteiger partial charge in [0.25, 0.3) is 0 Å². The topological polar surface area (TPSA) is 59.9 Å². The van der Waals surface area contributed by atoms with E-state index in [-0.39, 0.29) is 33.9 Å². The number of carbonyl (C=O) groups is 2. The molecule has 0 spiro atoms. The van der Waals surface area contributed by atoms with Gasteiger partial charge in [-0.15, -0.1) is 0 Å². The molecule has 8 heteroatoms. The molecule has 0 saturated heterocycles. The Hall–Kier alpha value is -2.38. The second kappa shape index (κ2) is 12.6. The molecule has 0 radical (unpaired) electrons. The van der Waals surface area contributed by atoms with E-state index in [1.807, 2.05) is 76.2 Å². The van der Waals surface area contributed by atoms with Gasteiger partial charge >= 0.3 is 0 Å². The summed E-state index contributed by atoms with van der Waals surface area (Å²) in [6.45, 7) is 8.06. The van der Waals surface area contributed by atoms with Crippen molar-refractivity contribution in [1.82, 2.24) is 9.97 Å². The predicted octanol–water partition coefficient (Wildman–Crippen LogP) is 9.05. The van der Waals surface area contributed by atoms with Gasteiger partial charge in [-0.1, -0.05) is 87.3 Å². The fourth-order valence-electron chi connectivity index (χ4n) is 4.34. The Kier molecular flexibility index (Phi) is 9.53. The second-order valence-electron chi connectivity index (χ2n) is 9.71. The molecule has 196 valence electrons. The molecule has 0 aliphatic carbocycles. The van der Waals surface area contributed by atoms with E-state index in [2.05, 4.69) is 0 Å². The molecular formula is C30H28Cl2N2O2S2. The van der Waals surface area contributed by atoms with Crippen LogP contribution in [-0.2, 0) is 9.59 Å². The Labute approximate surface area is 241 Å². The summed E-state index contributed by atoms with van der Waals surface area (Å²) in [6.07, 6.45) is 0. The molecule has 3 aromatic carbocycles. The number of halogens is 2. The van der Waals surface area contributed by atoms with Crippen molar-refractivity contribution >= 4 is 68.0 Å². The van der Waals surface area contributed by atoms with Gasteiger partial charge in [0.1, 0.15) is 10.1 Å². The summed E-state index contributed by atoms with van der Waals surface area (Å²) in [5.41, 5.74) is 3.13. The summed E-state index contributed by atoms with van der Waals surface area (Å²) >= 11 is 14.2. The third-order valence-corrected chi connectivity index (χ3v) is 8.70. The summed E-state index contributed by atoms with van der Waals surface area (Å²) in [5, 5.41) is 2.00. The fourth-order valence-corrected chi connectivity index (χ4v) is 6.85. The SMILES string of the molecule is CC(C)[C@H](C(=O)Sc1nc2ccccc2nc1SC(=O)[C@@H](c1ccc(Cl)cc1)C(C)C)c1ccc(Cl)cc1. The molecule has 1 aromatic heterocycles. The Morgan fingerprint density at radius 3 is 1.26 bits per heavy atom. The predicted molar refractivity (Wildman–Crippen MR) is 159 cm³/mol. The van der Waals surface area contributed by atoms with E-state index < -0.39 is 0 Å². The van der Waals surface area contributed by atoms with Crippen LogP contribution < -0.4 is 0 Å². The van der Waals surface area contributed by atoms with Crippen molar-refractivity contribution in [3.63, 3.8) is 0 Å². The van der Waals surface area contributed by atoms with E-state index in [4.69, 9.17) is 33.2 Å². The zero-order chi connectivity index (χ0) is 27.4. The maximum atomic E-state index is 13.7. The molecule has 1 heterocycles. The van der Waals surface area contributed by atoms with E-state index >= 15 is 0 Å². The number of rotatable bonds is 8. The molecule has 0 aliphatic rings. The van der Waals surface area contributed by atoms with Crippen molar-refractivity contribution in [2.45, 2.75) is 49.6 Å². The van der Waals surface area contributed by atoms with Gasteiger partial charge in [-0.05, 0) is 82.9 Å². The van der Waals surface area contributed by atoms with Crippen molar-refractivity contribution in [2.24, 2.45) is 11.8 Å². The monoisotopic (exact) mass is 582 g/mol. The van der Waals surface area contributed by atoms with Crippen LogP contribution in [-0.4, -0.2) is 20.2 Å². The lowest BCUT2D eigenvalue weighted by atomic mass is 9.90. The second-order valence-corrected chi connectivity index (χ2v) is 12.6. The first-order chi connectivity index (χ1) is 18.1. The van der Waals surface area contributed by atoms with Crippen molar-refractivity contribution in [3.05, 3.63) is 94.0 Å². The lowest BCUT2D eigenvalue weighted by Gasteiger charge is -2.21. The maximum absolute atomic E-state index is 13.7. The molecule has 0 N–H and O–H groups in total. The number of hydrogen-bond acceptors (Lipinski definition) is 6. The Balaban J connectivity index is 1.69. The summed E-state index contributed by atoms with van der Waals surface area (Å²) in [6, 6.07) is 22.2. The summed E-state index contributed by atoms with van der Waals surface area (Å²) in [5.74, 6) is -0.622. The minimum absolute atomic E-state index is 0.0533. The molecule has 38 heavy (non-hydrogen) atoms. The minimum Gasteiger partial charge on any atom is -0.286 e. The average Bonchev–Trinajstić information content (AvgIpc) is 2.86. The van der Waals surface area contributed by atoms with Crippen LogP contribution in [0.5, 0.6) is 0 Å². The van der Waals surface area contributed by atoms with Crippen molar-refractivity contribution in [2.75, 3.05) is 0 Å². The van der Waals surface area contributed by atoms with E-state index in [0.717, 1.165) is 34.7 Å². The summed E-state index contributed by atoms with van der Waals surface area (Å²) in [7, 11) is 0. The van der Waals surface area contributed by atoms with Gasteiger partial charge < -0.3 is 0 Å². The molecule has 0 bridgehead atoms. The highest BCUT2D eigenvalue weighted by Gasteiger charge is 2.30. The first kappa shape index (κ1) is 28.6. The molecule has 0 saturated carbocycles. The van der Waals surface area contributed by atoms with Crippen LogP contribution >= 0.6 is 46.7 Å². The zero-order valence-electron chi connectivity index (χ0n) is 21.5. The first-order valence-corrected chi connectivity index (χ1v) is 14.7. The molecule has 0 aliphatic heterocycles. The number of hydrogen-bond donors (Lipinski definition) is 0. The molecule has 0 amide bonds. The van der Waals surface area contributed by atoms with Crippen LogP contribution in [0.2, 0.25) is 10.0 Å². The summed E-state index contributed by atoms with van der Waals surface area (Å²) in [4.78, 5) is 36.9. The van der Waals surface area contributed by atoms with Gasteiger partial charge in [-0.2, -0.15) is 0 Å². The van der Waals surface area contributed by atoms with Gasteiger partial charge in [0, 0.05) is 10.0 Å². The molecule has 0 fully saturated rings. The molecule has 4 aromatic rings. The van der Waals surface area contributed by atoms with Crippen LogP contribution in [0.25, 0.3) is 11.0 Å². The number of carbonyl (C=O) groups excluding carboxylic acids is 2. The fraction of sp³-hybridized carbons (Fsp3) is 0.267. The lowest BCUT2D eigenvalue weighted by Crippen LogP contribution is -2.17. The summed E-state index contributed by atoms with van der Waals surface area (Å²) < 4.78 is 0. The van der Waals surface area contributed by atoms with Crippen LogP contribution in [0.15, 0.2) is 82.8 Å². The number of thioether (sulfide) groups is 2. The molecular weight excluding hydrogens is 555 g/mol. The third-order valence-electron chi connectivity index (χ3n) is 6.20. The standard InChI is InChI=1S/C30H28Cl2N2O2S2/c1-17(2)25(19-9-13-21(31)14-10-19)29(35)37-27-28(34-24-8-6-5-7-23(24)33-27)38-30(36)26(18(3)4)20-11-15-22(32)16-12-20/h5-18,25-26H,1-4H3/t25-,26+. The number of fused-ring (bicyclic) bond motifs is 1. The van der Waals surface area contributed by atoms with Gasteiger partial charge in [0.15, 0.2) is 0 Å². The molecule has 4 rings (SSSR count). The van der Waals surface area contributed by atoms with Gasteiger partial charge in [-0.25, -0.2) is 9.97 Å². The number of nitrogens with zero attached hydrogens (tertiary/aromatic N) is 2. The molecule has 4 nitrogen and oxygen atoms in total. The highest BCUT2D eigenvalue weighted by Crippen LogP contribution is 2.40. The number of benzene rings is 3. The maximum Gasteiger partial charge on any atom is 0.202 e. The van der Waals surface area contributed by atoms with Crippen LogP contribution in [0.3, 0.4) is 0 Å². The minimum atomic E-state index is -0.364. The van der Waals surface area contributed by atoms with Crippen molar-refractivity contribution in [3.8, 4) is 0 Å². The quantitative estimate of drug-likeness (QED) is 0.193. The average molecular weight is 584 g/mol. The van der Waals surface area contributed by atoms with Gasteiger partial charge in [0.05, 0.1) is 22.9 Å². The van der Waals surface area contributed by atoms with E-state index in [1.54, 1.807) is 24.3 Å². The van der Waals surface area contributed by atoms with Crippen molar-refractivity contribution < 1.29 is 9.59 Å². The molecule has 0 unspecified atom stereocenters. The Bertz CT molecular complexity index is 1330. The van der Waals surface area contributed by atoms with Crippen LogP contribution in [0.1, 0.15) is 50.7 Å². The van der Waals surface area contributed by atoms with Gasteiger partial charge in [0.2, 0.25) is 10.2 Å². The van der Waals surface area contributed by atoms with Crippen LogP contribution in [0, 0.1) is 11.8 Å². The zero-order valence-corrected chi connectivity index (χ0v) is 24.7. The van der Waals surface area contributed by atoms with Gasteiger partial charge in [-0.3, -0.25) is 9.59 Å². The largest absolute Gasteiger partial charge is 0.286 e. The molecule has 2 atom stereocenters. The smallest absolute Gasteiger partial charge is 0.202 e. The van der Waals surface area contributed by atoms with Crippen molar-refractivity contribution in [1.29, 1.82) is 0 Å². The van der Waals surface area contributed by atoms with E-state index in [1.165, 1.54) is 0 Å². The van der Waals surface area contributed by atoms with E-state index in [9.17, 15) is 9.59 Å². The highest BCUT2D eigenvalue weighted by atomic mass is 35.5. The Morgan fingerprint density at radius 1 is 0.605 bits per heavy atom.